The number of para-hydroxylation sites is 3. The molecular formula is C45H25N5. The van der Waals surface area contributed by atoms with Gasteiger partial charge in [0, 0.05) is 32.8 Å². The predicted octanol–water partition coefficient (Wildman–Crippen LogP) is 10.8. The van der Waals surface area contributed by atoms with Gasteiger partial charge in [-0.3, -0.25) is 0 Å². The fourth-order valence-corrected chi connectivity index (χ4v) is 7.45. The molecule has 5 heteroatoms. The maximum atomic E-state index is 10.3. The van der Waals surface area contributed by atoms with Crippen LogP contribution in [0.5, 0.6) is 0 Å². The highest BCUT2D eigenvalue weighted by Crippen LogP contribution is 2.41. The predicted molar refractivity (Wildman–Crippen MR) is 200 cm³/mol. The maximum absolute atomic E-state index is 10.3. The van der Waals surface area contributed by atoms with Crippen LogP contribution >= 0.6 is 0 Å². The summed E-state index contributed by atoms with van der Waals surface area (Å²) in [5.74, 6) is 0. The zero-order valence-electron chi connectivity index (χ0n) is 26.7. The van der Waals surface area contributed by atoms with Crippen LogP contribution in [0.4, 0.5) is 0 Å². The summed E-state index contributed by atoms with van der Waals surface area (Å²) in [7, 11) is 0. The molecule has 0 aliphatic heterocycles. The summed E-state index contributed by atoms with van der Waals surface area (Å²) in [5, 5.41) is 34.0. The SMILES string of the molecule is N#Cc1cc(-c2ccccc2-c2ccccc2-n2c3ccccc3c3ccc(C#N)cc32)cc(-n2c3ccccc3c3cc(C#N)ccc32)c1. The first-order chi connectivity index (χ1) is 24.7. The van der Waals surface area contributed by atoms with Crippen LogP contribution in [-0.4, -0.2) is 9.13 Å². The Morgan fingerprint density at radius 2 is 0.920 bits per heavy atom. The number of nitrogens with zero attached hydrogens (tertiary/aromatic N) is 5. The van der Waals surface area contributed by atoms with E-state index in [4.69, 9.17) is 0 Å². The molecule has 0 amide bonds. The van der Waals surface area contributed by atoms with Gasteiger partial charge in [0.15, 0.2) is 0 Å². The largest absolute Gasteiger partial charge is 0.309 e. The van der Waals surface area contributed by atoms with Gasteiger partial charge in [-0.1, -0.05) is 84.9 Å². The van der Waals surface area contributed by atoms with E-state index in [0.717, 1.165) is 77.2 Å². The molecule has 0 aliphatic rings. The number of rotatable bonds is 4. The minimum Gasteiger partial charge on any atom is -0.309 e. The molecule has 2 aromatic heterocycles. The van der Waals surface area contributed by atoms with Crippen LogP contribution in [-0.2, 0) is 0 Å². The lowest BCUT2D eigenvalue weighted by Crippen LogP contribution is -1.99. The van der Waals surface area contributed by atoms with Crippen molar-refractivity contribution in [3.8, 4) is 51.8 Å². The second-order valence-electron chi connectivity index (χ2n) is 12.3. The molecule has 0 saturated heterocycles. The Kier molecular flexibility index (Phi) is 6.56. The molecule has 0 fully saturated rings. The number of benzene rings is 7. The van der Waals surface area contributed by atoms with Gasteiger partial charge < -0.3 is 9.13 Å². The van der Waals surface area contributed by atoms with Crippen LogP contribution in [0.15, 0.2) is 152 Å². The topological polar surface area (TPSA) is 81.2 Å². The summed E-state index contributed by atoms with van der Waals surface area (Å²) in [4.78, 5) is 0. The van der Waals surface area contributed by atoms with Crippen LogP contribution in [0.25, 0.3) is 77.2 Å². The summed E-state index contributed by atoms with van der Waals surface area (Å²) in [6.07, 6.45) is 0. The number of aromatic nitrogens is 2. The minimum absolute atomic E-state index is 0.548. The molecule has 0 bridgehead atoms. The third-order valence-corrected chi connectivity index (χ3v) is 9.58. The monoisotopic (exact) mass is 635 g/mol. The van der Waals surface area contributed by atoms with Crippen molar-refractivity contribution in [3.63, 3.8) is 0 Å². The van der Waals surface area contributed by atoms with Crippen LogP contribution in [0, 0.1) is 34.0 Å². The smallest absolute Gasteiger partial charge is 0.0992 e. The molecule has 9 aromatic rings. The molecule has 0 saturated carbocycles. The maximum Gasteiger partial charge on any atom is 0.0992 e. The average molecular weight is 636 g/mol. The summed E-state index contributed by atoms with van der Waals surface area (Å²) < 4.78 is 4.43. The number of hydrogen-bond donors (Lipinski definition) is 0. The number of nitriles is 3. The van der Waals surface area contributed by atoms with Crippen molar-refractivity contribution >= 4 is 43.6 Å². The van der Waals surface area contributed by atoms with Crippen molar-refractivity contribution in [1.82, 2.24) is 9.13 Å². The van der Waals surface area contributed by atoms with Crippen molar-refractivity contribution in [3.05, 3.63) is 168 Å². The fourth-order valence-electron chi connectivity index (χ4n) is 7.45. The quantitative estimate of drug-likeness (QED) is 0.193. The van der Waals surface area contributed by atoms with Crippen LogP contribution in [0.1, 0.15) is 16.7 Å². The van der Waals surface area contributed by atoms with Crippen LogP contribution in [0.3, 0.4) is 0 Å². The first kappa shape index (κ1) is 28.8. The van der Waals surface area contributed by atoms with E-state index in [1.165, 1.54) is 0 Å². The molecule has 5 nitrogen and oxygen atoms in total. The summed E-state index contributed by atoms with van der Waals surface area (Å²) >= 11 is 0. The Morgan fingerprint density at radius 3 is 1.68 bits per heavy atom. The third-order valence-electron chi connectivity index (χ3n) is 9.58. The highest BCUT2D eigenvalue weighted by molar-refractivity contribution is 6.11. The molecule has 7 aromatic carbocycles. The van der Waals surface area contributed by atoms with E-state index in [1.54, 1.807) is 0 Å². The van der Waals surface area contributed by atoms with Gasteiger partial charge in [-0.2, -0.15) is 15.8 Å². The highest BCUT2D eigenvalue weighted by atomic mass is 15.0. The molecule has 0 radical (unpaired) electrons. The van der Waals surface area contributed by atoms with Crippen molar-refractivity contribution in [2.45, 2.75) is 0 Å². The lowest BCUT2D eigenvalue weighted by atomic mass is 9.92. The van der Waals surface area contributed by atoms with Gasteiger partial charge in [-0.15, -0.1) is 0 Å². The fraction of sp³-hybridized carbons (Fsp3) is 0. The van der Waals surface area contributed by atoms with Gasteiger partial charge in [-0.05, 0) is 83.4 Å². The molecule has 2 heterocycles. The van der Waals surface area contributed by atoms with Gasteiger partial charge in [0.05, 0.1) is 62.7 Å². The van der Waals surface area contributed by atoms with Crippen LogP contribution < -0.4 is 0 Å². The summed E-state index contributed by atoms with van der Waals surface area (Å²) in [6.45, 7) is 0. The van der Waals surface area contributed by atoms with Gasteiger partial charge >= 0.3 is 0 Å². The Morgan fingerprint density at radius 1 is 0.360 bits per heavy atom. The Bertz CT molecular complexity index is 2970. The van der Waals surface area contributed by atoms with E-state index < -0.39 is 0 Å². The van der Waals surface area contributed by atoms with Crippen molar-refractivity contribution in [1.29, 1.82) is 15.8 Å². The second-order valence-corrected chi connectivity index (χ2v) is 12.3. The molecule has 0 spiro atoms. The van der Waals surface area contributed by atoms with Gasteiger partial charge in [0.2, 0.25) is 0 Å². The molecule has 0 N–H and O–H groups in total. The van der Waals surface area contributed by atoms with Gasteiger partial charge in [0.1, 0.15) is 0 Å². The van der Waals surface area contributed by atoms with Gasteiger partial charge in [0.25, 0.3) is 0 Å². The van der Waals surface area contributed by atoms with Crippen molar-refractivity contribution in [2.24, 2.45) is 0 Å². The van der Waals surface area contributed by atoms with E-state index in [-0.39, 0.29) is 0 Å². The van der Waals surface area contributed by atoms with Crippen LogP contribution in [0.2, 0.25) is 0 Å². The molecule has 0 atom stereocenters. The minimum atomic E-state index is 0.548. The third kappa shape index (κ3) is 4.38. The molecule has 0 unspecified atom stereocenters. The van der Waals surface area contributed by atoms with E-state index in [2.05, 4.69) is 88.0 Å². The summed E-state index contributed by atoms with van der Waals surface area (Å²) in [5.41, 5.74) is 11.6. The zero-order chi connectivity index (χ0) is 33.8. The van der Waals surface area contributed by atoms with E-state index in [0.29, 0.717) is 16.7 Å². The Labute approximate surface area is 287 Å². The molecule has 0 aliphatic carbocycles. The lowest BCUT2D eigenvalue weighted by molar-refractivity contribution is 1.18. The van der Waals surface area contributed by atoms with E-state index in [9.17, 15) is 15.8 Å². The molecule has 9 rings (SSSR count). The van der Waals surface area contributed by atoms with Crippen molar-refractivity contribution in [2.75, 3.05) is 0 Å². The standard InChI is InChI=1S/C45H25N5/c46-26-29-18-20-44-40(23-29)38-13-5-6-14-41(38)49(44)33-22-31(28-48)21-32(25-33)34-9-1-2-10-35(34)36-11-3-7-15-42(36)50-43-16-8-4-12-37(43)39-19-17-30(27-47)24-45(39)50/h1-25H. The van der Waals surface area contributed by atoms with Gasteiger partial charge in [-0.25, -0.2) is 0 Å². The second kappa shape index (κ2) is 11.4. The Hall–Kier alpha value is -7.39. The Balaban J connectivity index is 1.29. The first-order valence-electron chi connectivity index (χ1n) is 16.3. The van der Waals surface area contributed by atoms with E-state index >= 15 is 0 Å². The highest BCUT2D eigenvalue weighted by Gasteiger charge is 2.19. The first-order valence-corrected chi connectivity index (χ1v) is 16.3. The van der Waals surface area contributed by atoms with E-state index in [1.807, 2.05) is 91.0 Å². The number of fused-ring (bicyclic) bond motifs is 6. The molecular weight excluding hydrogens is 611 g/mol. The number of hydrogen-bond acceptors (Lipinski definition) is 3. The summed E-state index contributed by atoms with van der Waals surface area (Å²) in [6, 6.07) is 57.9. The lowest BCUT2D eigenvalue weighted by Gasteiger charge is -2.18. The molecule has 50 heavy (non-hydrogen) atoms. The van der Waals surface area contributed by atoms with Crippen molar-refractivity contribution < 1.29 is 0 Å². The zero-order valence-corrected chi connectivity index (χ0v) is 26.7. The molecule has 230 valence electrons. The average Bonchev–Trinajstić information content (AvgIpc) is 3.69. The normalized spacial score (nSPS) is 11.1.